The van der Waals surface area contributed by atoms with E-state index in [1.54, 1.807) is 6.20 Å². The second-order valence-corrected chi connectivity index (χ2v) is 6.76. The third kappa shape index (κ3) is 1.86. The van der Waals surface area contributed by atoms with Crippen molar-refractivity contribution in [2.75, 3.05) is 6.54 Å². The average Bonchev–Trinajstić information content (AvgIpc) is 3.05. The summed E-state index contributed by atoms with van der Waals surface area (Å²) in [6, 6.07) is -0.0770. The van der Waals surface area contributed by atoms with Crippen molar-refractivity contribution in [2.45, 2.75) is 51.2 Å². The third-order valence-electron chi connectivity index (χ3n) is 5.27. The molecular weight excluding hydrogens is 271 g/mol. The molecule has 112 valence electrons. The Hall–Kier alpha value is -1.65. The Morgan fingerprint density at radius 3 is 2.95 bits per heavy atom. The summed E-state index contributed by atoms with van der Waals surface area (Å²) < 4.78 is 19.6. The largest absolute Gasteiger partial charge is 0.485 e. The third-order valence-corrected chi connectivity index (χ3v) is 5.27. The van der Waals surface area contributed by atoms with E-state index >= 15 is 0 Å². The van der Waals surface area contributed by atoms with Gasteiger partial charge in [0.1, 0.15) is 6.10 Å². The molecule has 5 heteroatoms. The molecule has 1 aliphatic carbocycles. The van der Waals surface area contributed by atoms with E-state index in [2.05, 4.69) is 11.9 Å². The van der Waals surface area contributed by atoms with Crippen molar-refractivity contribution in [1.29, 1.82) is 0 Å². The van der Waals surface area contributed by atoms with Crippen molar-refractivity contribution in [3.63, 3.8) is 0 Å². The first kappa shape index (κ1) is 13.0. The Morgan fingerprint density at radius 2 is 2.19 bits per heavy atom. The first-order valence-electron chi connectivity index (χ1n) is 7.70. The monoisotopic (exact) mass is 290 g/mol. The van der Waals surface area contributed by atoms with Gasteiger partial charge in [-0.15, -0.1) is 0 Å². The lowest BCUT2D eigenvalue weighted by molar-refractivity contribution is -0.142. The summed E-state index contributed by atoms with van der Waals surface area (Å²) in [4.78, 5) is 18.8. The molecule has 1 saturated heterocycles. The van der Waals surface area contributed by atoms with E-state index in [1.807, 2.05) is 4.90 Å². The quantitative estimate of drug-likeness (QED) is 0.798. The molecule has 3 aliphatic rings. The number of nitrogens with zero attached hydrogens (tertiary/aromatic N) is 2. The van der Waals surface area contributed by atoms with Crippen LogP contribution in [0.25, 0.3) is 0 Å². The number of carbonyl (C=O) groups is 1. The number of halogens is 1. The maximum absolute atomic E-state index is 13.9. The maximum Gasteiger partial charge on any atom is 0.229 e. The van der Waals surface area contributed by atoms with E-state index in [0.717, 1.165) is 37.7 Å². The zero-order valence-electron chi connectivity index (χ0n) is 12.1. The predicted molar refractivity (Wildman–Crippen MR) is 74.3 cm³/mol. The fourth-order valence-corrected chi connectivity index (χ4v) is 4.08. The molecule has 2 bridgehead atoms. The highest BCUT2D eigenvalue weighted by atomic mass is 19.1. The molecule has 0 radical (unpaired) electrons. The van der Waals surface area contributed by atoms with E-state index in [9.17, 15) is 9.18 Å². The molecule has 2 fully saturated rings. The molecule has 4 nitrogen and oxygen atoms in total. The minimum atomic E-state index is -0.427. The smallest absolute Gasteiger partial charge is 0.229 e. The van der Waals surface area contributed by atoms with Gasteiger partial charge in [0, 0.05) is 23.6 Å². The lowest BCUT2D eigenvalue weighted by atomic mass is 9.86. The van der Waals surface area contributed by atoms with Crippen LogP contribution < -0.4 is 4.74 Å². The predicted octanol–water partition coefficient (Wildman–Crippen LogP) is 2.84. The van der Waals surface area contributed by atoms with Gasteiger partial charge in [-0.1, -0.05) is 19.8 Å². The molecule has 1 aromatic heterocycles. The zero-order chi connectivity index (χ0) is 14.6. The number of rotatable bonds is 1. The van der Waals surface area contributed by atoms with Gasteiger partial charge in [0.25, 0.3) is 0 Å². The maximum atomic E-state index is 13.9. The first-order chi connectivity index (χ1) is 10.1. The van der Waals surface area contributed by atoms with Crippen LogP contribution in [0.15, 0.2) is 12.4 Å². The molecule has 1 saturated carbocycles. The van der Waals surface area contributed by atoms with Gasteiger partial charge in [-0.2, -0.15) is 0 Å². The van der Waals surface area contributed by atoms with Gasteiger partial charge in [0.15, 0.2) is 11.6 Å². The molecule has 0 spiro atoms. The summed E-state index contributed by atoms with van der Waals surface area (Å²) in [7, 11) is 0. The second kappa shape index (κ2) is 4.42. The van der Waals surface area contributed by atoms with Crippen LogP contribution in [0, 0.1) is 11.2 Å². The number of likely N-dealkylation sites (tertiary alicyclic amines) is 1. The summed E-state index contributed by atoms with van der Waals surface area (Å²) in [6.45, 7) is 2.63. The highest BCUT2D eigenvalue weighted by Gasteiger charge is 2.48. The molecule has 2 aliphatic heterocycles. The van der Waals surface area contributed by atoms with Gasteiger partial charge in [-0.25, -0.2) is 4.39 Å². The highest BCUT2D eigenvalue weighted by Crippen LogP contribution is 2.48. The number of ether oxygens (including phenoxy) is 1. The average molecular weight is 290 g/mol. The van der Waals surface area contributed by atoms with Gasteiger partial charge in [-0.3, -0.25) is 9.78 Å². The van der Waals surface area contributed by atoms with Gasteiger partial charge in [0.05, 0.1) is 18.8 Å². The number of hydrogen-bond acceptors (Lipinski definition) is 3. The van der Waals surface area contributed by atoms with Crippen LogP contribution in [0.3, 0.4) is 0 Å². The van der Waals surface area contributed by atoms with Gasteiger partial charge < -0.3 is 9.64 Å². The molecule has 0 aromatic carbocycles. The molecule has 1 aromatic rings. The van der Waals surface area contributed by atoms with Crippen molar-refractivity contribution >= 4 is 5.91 Å². The van der Waals surface area contributed by atoms with E-state index in [1.165, 1.54) is 6.20 Å². The second-order valence-electron chi connectivity index (χ2n) is 6.76. The van der Waals surface area contributed by atoms with Crippen LogP contribution in [-0.2, 0) is 4.79 Å². The molecule has 4 rings (SSSR count). The summed E-state index contributed by atoms with van der Waals surface area (Å²) in [5.41, 5.74) is 0.469. The molecular formula is C16H19FN2O2. The zero-order valence-corrected chi connectivity index (χ0v) is 12.1. The summed E-state index contributed by atoms with van der Waals surface area (Å²) >= 11 is 0. The minimum Gasteiger partial charge on any atom is -0.485 e. The van der Waals surface area contributed by atoms with Crippen LogP contribution in [0.1, 0.15) is 50.6 Å². The van der Waals surface area contributed by atoms with Crippen LogP contribution in [0.4, 0.5) is 4.39 Å². The standard InChI is InChI=1S/C16H19FN2O2/c1-16(4-2-3-5-16)15(20)19-9-10-6-13(19)11-7-18-8-12(17)14(11)21-10/h7-8,10,13H,2-6,9H2,1H3/t10-,13-/m0/s1. The van der Waals surface area contributed by atoms with Crippen LogP contribution >= 0.6 is 0 Å². The van der Waals surface area contributed by atoms with Crippen molar-refractivity contribution in [3.8, 4) is 5.75 Å². The fraction of sp³-hybridized carbons (Fsp3) is 0.625. The Bertz CT molecular complexity index is 598. The van der Waals surface area contributed by atoms with Crippen molar-refractivity contribution in [2.24, 2.45) is 5.41 Å². The number of hydrogen-bond donors (Lipinski definition) is 0. The minimum absolute atomic E-state index is 0.0770. The van der Waals surface area contributed by atoms with Crippen molar-refractivity contribution < 1.29 is 13.9 Å². The molecule has 1 amide bonds. The van der Waals surface area contributed by atoms with Crippen LogP contribution in [0.2, 0.25) is 0 Å². The number of aromatic nitrogens is 1. The molecule has 2 atom stereocenters. The van der Waals surface area contributed by atoms with E-state index in [4.69, 9.17) is 4.74 Å². The number of amides is 1. The van der Waals surface area contributed by atoms with E-state index in [0.29, 0.717) is 6.54 Å². The summed E-state index contributed by atoms with van der Waals surface area (Å²) in [6.07, 6.45) is 7.62. The Morgan fingerprint density at radius 1 is 1.43 bits per heavy atom. The molecule has 0 unspecified atom stereocenters. The fourth-order valence-electron chi connectivity index (χ4n) is 4.08. The van der Waals surface area contributed by atoms with E-state index < -0.39 is 5.82 Å². The van der Waals surface area contributed by atoms with Gasteiger partial charge >= 0.3 is 0 Å². The number of fused-ring (bicyclic) bond motifs is 4. The SMILES string of the molecule is CC1(C(=O)N2C[C@@H]3C[C@H]2c2cncc(F)c2O3)CCCC1. The Balaban J connectivity index is 1.69. The van der Waals surface area contributed by atoms with Crippen molar-refractivity contribution in [3.05, 3.63) is 23.8 Å². The summed E-state index contributed by atoms with van der Waals surface area (Å²) in [5.74, 6) is 0.0647. The Labute approximate surface area is 123 Å². The summed E-state index contributed by atoms with van der Waals surface area (Å²) in [5, 5.41) is 0. The molecule has 3 heterocycles. The lowest BCUT2D eigenvalue weighted by Crippen LogP contribution is -2.41. The molecule has 21 heavy (non-hydrogen) atoms. The lowest BCUT2D eigenvalue weighted by Gasteiger charge is -2.32. The Kier molecular flexibility index (Phi) is 2.75. The van der Waals surface area contributed by atoms with Crippen molar-refractivity contribution in [1.82, 2.24) is 9.88 Å². The normalized spacial score (nSPS) is 29.1. The first-order valence-corrected chi connectivity index (χ1v) is 7.70. The topological polar surface area (TPSA) is 42.4 Å². The number of pyridine rings is 1. The van der Waals surface area contributed by atoms with E-state index in [-0.39, 0.29) is 29.2 Å². The van der Waals surface area contributed by atoms with Crippen LogP contribution in [-0.4, -0.2) is 28.4 Å². The van der Waals surface area contributed by atoms with Crippen LogP contribution in [0.5, 0.6) is 5.75 Å². The van der Waals surface area contributed by atoms with Gasteiger partial charge in [0.2, 0.25) is 5.91 Å². The highest BCUT2D eigenvalue weighted by molar-refractivity contribution is 5.83. The molecule has 0 N–H and O–H groups in total. The number of carbonyl (C=O) groups excluding carboxylic acids is 1. The van der Waals surface area contributed by atoms with Gasteiger partial charge in [-0.05, 0) is 12.8 Å².